The lowest BCUT2D eigenvalue weighted by Crippen LogP contribution is -2.35. The summed E-state index contributed by atoms with van der Waals surface area (Å²) < 4.78 is 0. The molecule has 0 N–H and O–H groups in total. The van der Waals surface area contributed by atoms with Crippen LogP contribution in [-0.2, 0) is 0 Å². The van der Waals surface area contributed by atoms with Crippen LogP contribution in [0.25, 0.3) is 4.85 Å². The Balaban J connectivity index is 2.01. The van der Waals surface area contributed by atoms with Crippen LogP contribution in [-0.4, -0.2) is 30.1 Å². The fourth-order valence-electron chi connectivity index (χ4n) is 3.06. The lowest BCUT2D eigenvalue weighted by atomic mass is 9.82. The molecule has 2 heterocycles. The Bertz CT molecular complexity index is 789. The van der Waals surface area contributed by atoms with Gasteiger partial charge >= 0.3 is 0 Å². The van der Waals surface area contributed by atoms with Crippen molar-refractivity contribution in [2.24, 2.45) is 10.4 Å². The molecule has 0 spiro atoms. The van der Waals surface area contributed by atoms with Crippen molar-refractivity contribution < 1.29 is 4.79 Å². The third kappa shape index (κ3) is 2.70. The van der Waals surface area contributed by atoms with Gasteiger partial charge in [-0.2, -0.15) is 0 Å². The summed E-state index contributed by atoms with van der Waals surface area (Å²) in [7, 11) is 0. The number of rotatable bonds is 1. The quantitative estimate of drug-likeness (QED) is 0.730. The van der Waals surface area contributed by atoms with Crippen LogP contribution in [0.4, 0.5) is 0 Å². The Morgan fingerprint density at radius 3 is 2.65 bits per heavy atom. The van der Waals surface area contributed by atoms with E-state index in [4.69, 9.17) is 6.57 Å². The number of aliphatic imine (C=N–C) groups is 1. The van der Waals surface area contributed by atoms with Crippen molar-refractivity contribution in [3.05, 3.63) is 69.9 Å². The van der Waals surface area contributed by atoms with Gasteiger partial charge in [0.05, 0.1) is 13.1 Å². The molecule has 0 atom stereocenters. The molecule has 0 aromatic heterocycles. The average molecular weight is 305 g/mol. The number of allylic oxidation sites excluding steroid dienone is 1. The second-order valence-corrected chi connectivity index (χ2v) is 6.67. The summed E-state index contributed by atoms with van der Waals surface area (Å²) in [5.41, 5.74) is 4.06. The van der Waals surface area contributed by atoms with Gasteiger partial charge in [-0.25, -0.2) is 4.85 Å². The third-order valence-electron chi connectivity index (χ3n) is 4.41. The Hall–Kier alpha value is -2.67. The van der Waals surface area contributed by atoms with Crippen LogP contribution < -0.4 is 0 Å². The zero-order valence-electron chi connectivity index (χ0n) is 13.6. The lowest BCUT2D eigenvalue weighted by Gasteiger charge is -2.31. The molecule has 23 heavy (non-hydrogen) atoms. The number of benzene rings is 1. The first kappa shape index (κ1) is 15.2. The summed E-state index contributed by atoms with van der Waals surface area (Å²) in [5, 5.41) is 0. The Morgan fingerprint density at radius 2 is 2.00 bits per heavy atom. The van der Waals surface area contributed by atoms with Crippen molar-refractivity contribution in [2.45, 2.75) is 20.8 Å². The van der Waals surface area contributed by atoms with E-state index in [2.05, 4.69) is 23.7 Å². The first-order chi connectivity index (χ1) is 10.9. The second-order valence-electron chi connectivity index (χ2n) is 6.67. The molecule has 0 saturated heterocycles. The van der Waals surface area contributed by atoms with Crippen LogP contribution in [0.3, 0.4) is 0 Å². The van der Waals surface area contributed by atoms with Gasteiger partial charge in [-0.1, -0.05) is 31.5 Å². The number of carbonyl (C=O) groups excluding carboxylic acids is 1. The first-order valence-corrected chi connectivity index (χ1v) is 7.63. The molecule has 2 aliphatic rings. The molecule has 0 aliphatic carbocycles. The van der Waals surface area contributed by atoms with Gasteiger partial charge in [0, 0.05) is 35.5 Å². The van der Waals surface area contributed by atoms with E-state index in [0.717, 1.165) is 16.7 Å². The van der Waals surface area contributed by atoms with Crippen molar-refractivity contribution >= 4 is 12.1 Å². The maximum atomic E-state index is 12.9. The first-order valence-electron chi connectivity index (χ1n) is 7.63. The summed E-state index contributed by atoms with van der Waals surface area (Å²) in [6.45, 7) is 14.8. The highest BCUT2D eigenvalue weighted by molar-refractivity contribution is 5.96. The van der Waals surface area contributed by atoms with E-state index in [1.807, 2.05) is 31.2 Å². The van der Waals surface area contributed by atoms with E-state index < -0.39 is 0 Å². The molecule has 0 saturated carbocycles. The van der Waals surface area contributed by atoms with Gasteiger partial charge in [0.2, 0.25) is 5.70 Å². The van der Waals surface area contributed by atoms with Crippen molar-refractivity contribution in [1.29, 1.82) is 0 Å². The highest BCUT2D eigenvalue weighted by Crippen LogP contribution is 2.38. The molecular weight excluding hydrogens is 286 g/mol. The topological polar surface area (TPSA) is 37.0 Å². The largest absolute Gasteiger partial charge is 0.324 e. The van der Waals surface area contributed by atoms with E-state index in [9.17, 15) is 4.79 Å². The van der Waals surface area contributed by atoms with E-state index in [1.54, 1.807) is 17.3 Å². The Labute approximate surface area is 136 Å². The number of hydrogen-bond donors (Lipinski definition) is 0. The van der Waals surface area contributed by atoms with Crippen molar-refractivity contribution in [3.63, 3.8) is 0 Å². The normalized spacial score (nSPS) is 19.0. The number of nitrogens with zero attached hydrogens (tertiary/aromatic N) is 3. The monoisotopic (exact) mass is 305 g/mol. The molecule has 1 aromatic rings. The average Bonchev–Trinajstić information content (AvgIpc) is 2.98. The standard InChI is InChI=1S/C19H19N3O/c1-13-5-7-14(8-6-13)18(23)22-11-17(20-4)15-9-21-10-16(15)19(2,3)12-22/h5-9,11H,10,12H2,1-3H3. The van der Waals surface area contributed by atoms with Gasteiger partial charge in [0.25, 0.3) is 5.91 Å². The predicted molar refractivity (Wildman–Crippen MR) is 91.1 cm³/mol. The van der Waals surface area contributed by atoms with E-state index in [1.165, 1.54) is 0 Å². The van der Waals surface area contributed by atoms with Crippen LogP contribution in [0, 0.1) is 18.9 Å². The molecule has 0 fully saturated rings. The van der Waals surface area contributed by atoms with Gasteiger partial charge in [-0.15, -0.1) is 0 Å². The fraction of sp³-hybridized carbons (Fsp3) is 0.316. The smallest absolute Gasteiger partial charge is 0.256 e. The minimum Gasteiger partial charge on any atom is -0.324 e. The van der Waals surface area contributed by atoms with Gasteiger partial charge in [-0.3, -0.25) is 9.79 Å². The number of hydrogen-bond acceptors (Lipinski definition) is 2. The van der Waals surface area contributed by atoms with Crippen LogP contribution >= 0.6 is 0 Å². The third-order valence-corrected chi connectivity index (χ3v) is 4.41. The van der Waals surface area contributed by atoms with Gasteiger partial charge in [0.15, 0.2) is 0 Å². The number of aryl methyl sites for hydroxylation is 1. The maximum absolute atomic E-state index is 12.9. The van der Waals surface area contributed by atoms with Gasteiger partial charge in [0.1, 0.15) is 0 Å². The molecule has 1 amide bonds. The van der Waals surface area contributed by atoms with Crippen molar-refractivity contribution in [1.82, 2.24) is 4.90 Å². The maximum Gasteiger partial charge on any atom is 0.256 e. The molecule has 0 radical (unpaired) electrons. The minimum absolute atomic E-state index is 0.0719. The molecule has 2 aliphatic heterocycles. The molecule has 0 bridgehead atoms. The van der Waals surface area contributed by atoms with Crippen molar-refractivity contribution in [3.8, 4) is 0 Å². The Kier molecular flexibility index (Phi) is 3.65. The minimum atomic E-state index is -0.213. The number of amides is 1. The second kappa shape index (κ2) is 5.51. The molecule has 4 nitrogen and oxygen atoms in total. The lowest BCUT2D eigenvalue weighted by molar-refractivity contribution is 0.0787. The molecular formula is C19H19N3O. The van der Waals surface area contributed by atoms with Crippen molar-refractivity contribution in [2.75, 3.05) is 13.1 Å². The molecule has 3 rings (SSSR count). The SMILES string of the molecule is [C-]#[N+]C1=CN(C(=O)c2ccc(C)cc2)CC(C)(C)C2=C1C=NC2. The van der Waals surface area contributed by atoms with Crippen LogP contribution in [0.15, 0.2) is 52.3 Å². The highest BCUT2D eigenvalue weighted by atomic mass is 16.2. The van der Waals surface area contributed by atoms with E-state index in [0.29, 0.717) is 24.4 Å². The summed E-state index contributed by atoms with van der Waals surface area (Å²) in [6, 6.07) is 7.54. The zero-order valence-corrected chi connectivity index (χ0v) is 13.6. The summed E-state index contributed by atoms with van der Waals surface area (Å²) in [4.78, 5) is 22.5. The van der Waals surface area contributed by atoms with Crippen LogP contribution in [0.1, 0.15) is 29.8 Å². The predicted octanol–water partition coefficient (Wildman–Crippen LogP) is 3.62. The van der Waals surface area contributed by atoms with E-state index in [-0.39, 0.29) is 11.3 Å². The zero-order chi connectivity index (χ0) is 16.6. The Morgan fingerprint density at radius 1 is 1.30 bits per heavy atom. The van der Waals surface area contributed by atoms with Crippen LogP contribution in [0.2, 0.25) is 0 Å². The summed E-state index contributed by atoms with van der Waals surface area (Å²) >= 11 is 0. The summed E-state index contributed by atoms with van der Waals surface area (Å²) in [5.74, 6) is -0.0719. The molecule has 1 aromatic carbocycles. The summed E-state index contributed by atoms with van der Waals surface area (Å²) in [6.07, 6.45) is 3.44. The molecule has 116 valence electrons. The molecule has 4 heteroatoms. The van der Waals surface area contributed by atoms with Gasteiger partial charge < -0.3 is 4.90 Å². The van der Waals surface area contributed by atoms with Gasteiger partial charge in [-0.05, 0) is 24.6 Å². The van der Waals surface area contributed by atoms with Crippen LogP contribution in [0.5, 0.6) is 0 Å². The van der Waals surface area contributed by atoms with E-state index >= 15 is 0 Å². The molecule has 0 unspecified atom stereocenters. The fourth-order valence-corrected chi connectivity index (χ4v) is 3.06. The number of carbonyl (C=O) groups is 1. The highest BCUT2D eigenvalue weighted by Gasteiger charge is 2.35.